The predicted molar refractivity (Wildman–Crippen MR) is 78.9 cm³/mol. The van der Waals surface area contributed by atoms with Gasteiger partial charge >= 0.3 is 0 Å². The molecule has 1 saturated carbocycles. The molecule has 4 nitrogen and oxygen atoms in total. The SMILES string of the molecule is OCCN1CCN(Cc2ccccc2OC2CC2)CC1. The lowest BCUT2D eigenvalue weighted by Crippen LogP contribution is -2.46. The van der Waals surface area contributed by atoms with E-state index >= 15 is 0 Å². The summed E-state index contributed by atoms with van der Waals surface area (Å²) < 4.78 is 5.99. The number of piperazine rings is 1. The van der Waals surface area contributed by atoms with Crippen LogP contribution in [-0.4, -0.2) is 60.3 Å². The zero-order valence-electron chi connectivity index (χ0n) is 12.0. The fourth-order valence-corrected chi connectivity index (χ4v) is 2.67. The van der Waals surface area contributed by atoms with Crippen LogP contribution in [-0.2, 0) is 6.54 Å². The molecule has 0 spiro atoms. The average molecular weight is 276 g/mol. The van der Waals surface area contributed by atoms with E-state index in [0.29, 0.717) is 6.10 Å². The molecule has 20 heavy (non-hydrogen) atoms. The van der Waals surface area contributed by atoms with Crippen molar-refractivity contribution >= 4 is 0 Å². The van der Waals surface area contributed by atoms with E-state index in [1.54, 1.807) is 0 Å². The number of rotatable bonds is 6. The first-order valence-electron chi connectivity index (χ1n) is 7.65. The van der Waals surface area contributed by atoms with Crippen molar-refractivity contribution in [2.45, 2.75) is 25.5 Å². The van der Waals surface area contributed by atoms with Gasteiger partial charge in [-0.3, -0.25) is 9.80 Å². The Morgan fingerprint density at radius 3 is 2.45 bits per heavy atom. The zero-order chi connectivity index (χ0) is 13.8. The first-order valence-corrected chi connectivity index (χ1v) is 7.65. The Morgan fingerprint density at radius 2 is 1.75 bits per heavy atom. The second-order valence-corrected chi connectivity index (χ2v) is 5.77. The summed E-state index contributed by atoms with van der Waals surface area (Å²) >= 11 is 0. The smallest absolute Gasteiger partial charge is 0.124 e. The zero-order valence-corrected chi connectivity index (χ0v) is 12.0. The molecule has 0 atom stereocenters. The highest BCUT2D eigenvalue weighted by Gasteiger charge is 2.25. The first kappa shape index (κ1) is 13.9. The molecule has 0 bridgehead atoms. The summed E-state index contributed by atoms with van der Waals surface area (Å²) in [5.74, 6) is 1.06. The quantitative estimate of drug-likeness (QED) is 0.850. The van der Waals surface area contributed by atoms with Gasteiger partial charge in [0.2, 0.25) is 0 Å². The van der Waals surface area contributed by atoms with E-state index in [1.807, 2.05) is 0 Å². The predicted octanol–water partition coefficient (Wildman–Crippen LogP) is 1.34. The number of β-amino-alcohol motifs (C(OH)–C–C–N with tert-alkyl or cyclic N) is 1. The van der Waals surface area contributed by atoms with Crippen LogP contribution in [0.4, 0.5) is 0 Å². The van der Waals surface area contributed by atoms with Gasteiger partial charge in [0.25, 0.3) is 0 Å². The van der Waals surface area contributed by atoms with Crippen LogP contribution in [0.1, 0.15) is 18.4 Å². The topological polar surface area (TPSA) is 35.9 Å². The molecule has 1 N–H and O–H groups in total. The molecule has 1 aliphatic carbocycles. The van der Waals surface area contributed by atoms with Crippen LogP contribution in [0.15, 0.2) is 24.3 Å². The van der Waals surface area contributed by atoms with Crippen molar-refractivity contribution in [3.05, 3.63) is 29.8 Å². The minimum absolute atomic E-state index is 0.262. The molecule has 1 aliphatic heterocycles. The molecule has 1 aromatic carbocycles. The van der Waals surface area contributed by atoms with Gasteiger partial charge < -0.3 is 9.84 Å². The van der Waals surface area contributed by atoms with Crippen LogP contribution in [0.25, 0.3) is 0 Å². The number of hydrogen-bond acceptors (Lipinski definition) is 4. The van der Waals surface area contributed by atoms with E-state index in [0.717, 1.165) is 45.0 Å². The maximum Gasteiger partial charge on any atom is 0.124 e. The molecule has 3 rings (SSSR count). The number of aliphatic hydroxyl groups excluding tert-OH is 1. The molecule has 0 aromatic heterocycles. The summed E-state index contributed by atoms with van der Waals surface area (Å²) in [5.41, 5.74) is 1.30. The van der Waals surface area contributed by atoms with E-state index in [1.165, 1.54) is 18.4 Å². The van der Waals surface area contributed by atoms with Gasteiger partial charge in [0, 0.05) is 44.8 Å². The molecular formula is C16H24N2O2. The summed E-state index contributed by atoms with van der Waals surface area (Å²) in [4.78, 5) is 4.80. The van der Waals surface area contributed by atoms with Gasteiger partial charge in [-0.15, -0.1) is 0 Å². The van der Waals surface area contributed by atoms with Crippen LogP contribution in [0, 0.1) is 0 Å². The molecule has 1 heterocycles. The highest BCUT2D eigenvalue weighted by atomic mass is 16.5. The summed E-state index contributed by atoms with van der Waals surface area (Å²) in [6.07, 6.45) is 2.86. The van der Waals surface area contributed by atoms with E-state index in [-0.39, 0.29) is 6.61 Å². The molecule has 2 aliphatic rings. The lowest BCUT2D eigenvalue weighted by Gasteiger charge is -2.34. The van der Waals surface area contributed by atoms with Gasteiger partial charge in [-0.1, -0.05) is 18.2 Å². The highest BCUT2D eigenvalue weighted by molar-refractivity contribution is 5.33. The summed E-state index contributed by atoms with van der Waals surface area (Å²) in [6, 6.07) is 8.42. The molecule has 1 saturated heterocycles. The first-order chi connectivity index (χ1) is 9.85. The molecule has 0 amide bonds. The maximum absolute atomic E-state index is 8.97. The number of para-hydroxylation sites is 1. The second-order valence-electron chi connectivity index (χ2n) is 5.77. The summed E-state index contributed by atoms with van der Waals surface area (Å²) in [7, 11) is 0. The van der Waals surface area contributed by atoms with Crippen molar-refractivity contribution < 1.29 is 9.84 Å². The highest BCUT2D eigenvalue weighted by Crippen LogP contribution is 2.29. The Morgan fingerprint density at radius 1 is 1.05 bits per heavy atom. The van der Waals surface area contributed by atoms with Crippen molar-refractivity contribution in [3.8, 4) is 5.75 Å². The molecule has 0 radical (unpaired) electrons. The van der Waals surface area contributed by atoms with Crippen molar-refractivity contribution in [2.24, 2.45) is 0 Å². The number of benzene rings is 1. The van der Waals surface area contributed by atoms with Crippen molar-refractivity contribution in [2.75, 3.05) is 39.3 Å². The fraction of sp³-hybridized carbons (Fsp3) is 0.625. The molecular weight excluding hydrogens is 252 g/mol. The standard InChI is InChI=1S/C16H24N2O2/c19-12-11-17-7-9-18(10-8-17)13-14-3-1-2-4-16(14)20-15-5-6-15/h1-4,15,19H,5-13H2. The Bertz CT molecular complexity index is 426. The van der Waals surface area contributed by atoms with Gasteiger partial charge in [-0.2, -0.15) is 0 Å². The van der Waals surface area contributed by atoms with E-state index in [4.69, 9.17) is 9.84 Å². The normalized spacial score (nSPS) is 21.1. The van der Waals surface area contributed by atoms with E-state index < -0.39 is 0 Å². The third kappa shape index (κ3) is 3.72. The van der Waals surface area contributed by atoms with Gasteiger partial charge in [0.1, 0.15) is 5.75 Å². The average Bonchev–Trinajstić information content (AvgIpc) is 3.27. The molecule has 4 heteroatoms. The summed E-state index contributed by atoms with van der Waals surface area (Å²) in [5, 5.41) is 8.97. The Balaban J connectivity index is 1.55. The minimum Gasteiger partial charge on any atom is -0.490 e. The summed E-state index contributed by atoms with van der Waals surface area (Å²) in [6.45, 7) is 6.26. The van der Waals surface area contributed by atoms with Crippen LogP contribution in [0.5, 0.6) is 5.75 Å². The van der Waals surface area contributed by atoms with E-state index in [9.17, 15) is 0 Å². The Kier molecular flexibility index (Phi) is 4.55. The van der Waals surface area contributed by atoms with Crippen LogP contribution < -0.4 is 4.74 Å². The van der Waals surface area contributed by atoms with Gasteiger partial charge in [-0.25, -0.2) is 0 Å². The van der Waals surface area contributed by atoms with Gasteiger partial charge in [-0.05, 0) is 18.9 Å². The second kappa shape index (κ2) is 6.57. The lowest BCUT2D eigenvalue weighted by molar-refractivity contribution is 0.107. The van der Waals surface area contributed by atoms with Gasteiger partial charge in [0.15, 0.2) is 0 Å². The third-order valence-corrected chi connectivity index (χ3v) is 4.07. The lowest BCUT2D eigenvalue weighted by atomic mass is 10.1. The fourth-order valence-electron chi connectivity index (χ4n) is 2.67. The van der Waals surface area contributed by atoms with Crippen LogP contribution in [0.2, 0.25) is 0 Å². The number of nitrogens with zero attached hydrogens (tertiary/aromatic N) is 2. The number of ether oxygens (including phenoxy) is 1. The number of aliphatic hydroxyl groups is 1. The van der Waals surface area contributed by atoms with E-state index in [2.05, 4.69) is 34.1 Å². The molecule has 1 aromatic rings. The van der Waals surface area contributed by atoms with Crippen LogP contribution >= 0.6 is 0 Å². The Labute approximate surface area is 120 Å². The Hall–Kier alpha value is -1.10. The molecule has 2 fully saturated rings. The molecule has 0 unspecified atom stereocenters. The molecule has 110 valence electrons. The van der Waals surface area contributed by atoms with Crippen molar-refractivity contribution in [3.63, 3.8) is 0 Å². The maximum atomic E-state index is 8.97. The van der Waals surface area contributed by atoms with Crippen molar-refractivity contribution in [1.82, 2.24) is 9.80 Å². The third-order valence-electron chi connectivity index (χ3n) is 4.07. The largest absolute Gasteiger partial charge is 0.490 e. The number of hydrogen-bond donors (Lipinski definition) is 1. The van der Waals surface area contributed by atoms with Crippen LogP contribution in [0.3, 0.4) is 0 Å². The van der Waals surface area contributed by atoms with Gasteiger partial charge in [0.05, 0.1) is 12.7 Å². The van der Waals surface area contributed by atoms with Crippen molar-refractivity contribution in [1.29, 1.82) is 0 Å². The minimum atomic E-state index is 0.262. The monoisotopic (exact) mass is 276 g/mol.